The average molecular weight is 334 g/mol. The number of benzene rings is 1. The number of carboxylic acids is 1. The molecule has 0 amide bonds. The molecule has 23 heavy (non-hydrogen) atoms. The number of carbonyl (C=O) groups is 2. The fraction of sp³-hybridized carbons (Fsp3) is 0.429. The molecule has 126 valence electrons. The summed E-state index contributed by atoms with van der Waals surface area (Å²) in [5.41, 5.74) is 0.267. The molecule has 0 spiro atoms. The Kier molecular flexibility index (Phi) is 5.16. The summed E-state index contributed by atoms with van der Waals surface area (Å²) in [5, 5.41) is 38.0. The molecule has 0 radical (unpaired) electrons. The Balaban J connectivity index is 2.11. The zero-order chi connectivity index (χ0) is 17.1. The number of ether oxygens (including phenoxy) is 3. The highest BCUT2D eigenvalue weighted by molar-refractivity contribution is 5.89. The van der Waals surface area contributed by atoms with Gasteiger partial charge in [-0.05, 0) is 24.3 Å². The van der Waals surface area contributed by atoms with E-state index in [0.29, 0.717) is 0 Å². The summed E-state index contributed by atoms with van der Waals surface area (Å²) < 4.78 is 14.8. The minimum atomic E-state index is -1.79. The van der Waals surface area contributed by atoms with Crippen LogP contribution in [0.3, 0.4) is 0 Å². The van der Waals surface area contributed by atoms with E-state index in [-0.39, 0.29) is 11.3 Å². The van der Waals surface area contributed by atoms with E-state index < -0.39 is 42.6 Å². The third-order valence-electron chi connectivity index (χ3n) is 3.34. The molecule has 0 bridgehead atoms. The molecule has 1 aromatic carbocycles. The second kappa shape index (κ2) is 6.92. The van der Waals surface area contributed by atoms with Crippen LogP contribution in [0.15, 0.2) is 24.3 Å². The van der Waals surface area contributed by atoms with Crippen LogP contribution in [0.1, 0.15) is 10.4 Å². The second-order valence-corrected chi connectivity index (χ2v) is 4.87. The Hall–Kier alpha value is -2.20. The van der Waals surface area contributed by atoms with Crippen molar-refractivity contribution >= 4 is 11.9 Å². The predicted octanol–water partition coefficient (Wildman–Crippen LogP) is -1.26. The average Bonchev–Trinajstić information content (AvgIpc) is 2.55. The third kappa shape index (κ3) is 3.59. The number of hydrogen-bond acceptors (Lipinski definition) is 8. The van der Waals surface area contributed by atoms with E-state index in [9.17, 15) is 24.9 Å². The first-order valence-electron chi connectivity index (χ1n) is 6.62. The number of methoxy groups -OCH3 is 1. The lowest BCUT2D eigenvalue weighted by molar-refractivity contribution is -0.271. The van der Waals surface area contributed by atoms with Gasteiger partial charge >= 0.3 is 11.9 Å². The molecular weight excluding hydrogens is 318 g/mol. The molecule has 1 aliphatic heterocycles. The van der Waals surface area contributed by atoms with Crippen LogP contribution in [0.25, 0.3) is 0 Å². The summed E-state index contributed by atoms with van der Waals surface area (Å²) >= 11 is 0. The minimum Gasteiger partial charge on any atom is -0.479 e. The summed E-state index contributed by atoms with van der Waals surface area (Å²) in [6.07, 6.45) is -8.43. The van der Waals surface area contributed by atoms with Crippen molar-refractivity contribution in [1.29, 1.82) is 0 Å². The number of aliphatic carboxylic acids is 1. The van der Waals surface area contributed by atoms with E-state index in [0.717, 1.165) is 0 Å². The SMILES string of the molecule is COC(=O)[13c]1[13cH][13cH][13c](O[C@@H]2O[C@H](C(=O)O)[C@@H](O)[C@H](O)[C@H]2O)[13cH][13cH]1. The first-order valence-corrected chi connectivity index (χ1v) is 6.62. The summed E-state index contributed by atoms with van der Waals surface area (Å²) in [4.78, 5) is 22.3. The van der Waals surface area contributed by atoms with Crippen LogP contribution < -0.4 is 4.74 Å². The maximum atomic E-state index is 11.3. The maximum absolute atomic E-state index is 11.3. The first kappa shape index (κ1) is 17.2. The standard InChI is InChI=1S/C14H16O9/c1-21-13(20)6-2-4-7(5-3-6)22-14-10(17)8(15)9(16)11(23-14)12(18)19/h2-5,8-11,14-17H,1H3,(H,18,19)/t8-,9-,10+,11-,14+/m0/s1/i2+1,3+1,4+1,5+1,6+1,7+1. The van der Waals surface area contributed by atoms with Crippen LogP contribution in [-0.2, 0) is 14.3 Å². The van der Waals surface area contributed by atoms with Crippen molar-refractivity contribution in [2.24, 2.45) is 0 Å². The molecule has 0 aromatic heterocycles. The van der Waals surface area contributed by atoms with Gasteiger partial charge in [0.15, 0.2) is 6.10 Å². The van der Waals surface area contributed by atoms with Gasteiger partial charge in [-0.3, -0.25) is 0 Å². The lowest BCUT2D eigenvalue weighted by Gasteiger charge is -2.38. The van der Waals surface area contributed by atoms with Crippen molar-refractivity contribution in [3.63, 3.8) is 0 Å². The predicted molar refractivity (Wildman–Crippen MR) is 72.7 cm³/mol. The third-order valence-corrected chi connectivity index (χ3v) is 3.34. The van der Waals surface area contributed by atoms with Crippen molar-refractivity contribution in [2.45, 2.75) is 30.7 Å². The summed E-state index contributed by atoms with van der Waals surface area (Å²) in [6.45, 7) is 0. The zero-order valence-corrected chi connectivity index (χ0v) is 12.0. The van der Waals surface area contributed by atoms with Crippen LogP contribution in [0.5, 0.6) is 5.75 Å². The molecule has 9 heteroatoms. The van der Waals surface area contributed by atoms with Crippen molar-refractivity contribution in [3.05, 3.63) is 29.8 Å². The van der Waals surface area contributed by atoms with E-state index in [2.05, 4.69) is 4.74 Å². The Morgan fingerprint density at radius 3 is 2.17 bits per heavy atom. The smallest absolute Gasteiger partial charge is 0.337 e. The fourth-order valence-electron chi connectivity index (χ4n) is 2.07. The number of rotatable bonds is 4. The van der Waals surface area contributed by atoms with Crippen LogP contribution in [0, 0.1) is 0 Å². The number of carbonyl (C=O) groups excluding carboxylic acids is 1. The molecule has 0 aliphatic carbocycles. The highest BCUT2D eigenvalue weighted by atomic mass is 16.7. The minimum absolute atomic E-state index is 0.162. The van der Waals surface area contributed by atoms with Gasteiger partial charge in [-0.25, -0.2) is 9.59 Å². The molecule has 1 saturated heterocycles. The lowest BCUT2D eigenvalue weighted by atomic mass is 9.99. The molecule has 0 unspecified atom stereocenters. The normalized spacial score (nSPS) is 30.5. The Morgan fingerprint density at radius 2 is 1.65 bits per heavy atom. The number of aliphatic hydroxyl groups is 3. The van der Waals surface area contributed by atoms with E-state index in [1.165, 1.54) is 31.4 Å². The highest BCUT2D eigenvalue weighted by Gasteiger charge is 2.48. The van der Waals surface area contributed by atoms with Gasteiger partial charge in [0, 0.05) is 0 Å². The second-order valence-electron chi connectivity index (χ2n) is 4.87. The van der Waals surface area contributed by atoms with Gasteiger partial charge in [0.1, 0.15) is 24.1 Å². The van der Waals surface area contributed by atoms with Gasteiger partial charge in [-0.15, -0.1) is 0 Å². The van der Waals surface area contributed by atoms with Gasteiger partial charge in [0.2, 0.25) is 6.29 Å². The number of hydrogen-bond donors (Lipinski definition) is 4. The summed E-state index contributed by atoms with van der Waals surface area (Å²) in [7, 11) is 1.23. The number of carboxylic acid groups (broad SMARTS) is 1. The van der Waals surface area contributed by atoms with Gasteiger partial charge < -0.3 is 34.6 Å². The maximum Gasteiger partial charge on any atom is 0.337 e. The van der Waals surface area contributed by atoms with Gasteiger partial charge in [-0.1, -0.05) is 0 Å². The first-order chi connectivity index (χ1) is 10.8. The van der Waals surface area contributed by atoms with Gasteiger partial charge in [0.05, 0.1) is 12.7 Å². The van der Waals surface area contributed by atoms with E-state index in [1.54, 1.807) is 0 Å². The summed E-state index contributed by atoms with van der Waals surface area (Å²) in [5.74, 6) is -1.89. The molecule has 4 N–H and O–H groups in total. The molecule has 2 rings (SSSR count). The van der Waals surface area contributed by atoms with E-state index in [1.807, 2.05) is 0 Å². The van der Waals surface area contributed by atoms with Crippen molar-refractivity contribution < 1.29 is 44.2 Å². The lowest BCUT2D eigenvalue weighted by Crippen LogP contribution is -2.61. The molecular formula is C14H16O9. The largest absolute Gasteiger partial charge is 0.479 e. The van der Waals surface area contributed by atoms with Crippen LogP contribution >= 0.6 is 0 Å². The van der Waals surface area contributed by atoms with Crippen LogP contribution in [0.4, 0.5) is 0 Å². The monoisotopic (exact) mass is 334 g/mol. The molecule has 0 saturated carbocycles. The van der Waals surface area contributed by atoms with Crippen LogP contribution in [0.2, 0.25) is 0 Å². The number of esters is 1. The fourth-order valence-corrected chi connectivity index (χ4v) is 2.07. The summed E-state index contributed by atoms with van der Waals surface area (Å²) in [6, 6.07) is 5.57. The van der Waals surface area contributed by atoms with Crippen LogP contribution in [-0.4, -0.2) is 70.2 Å². The van der Waals surface area contributed by atoms with Crippen molar-refractivity contribution in [1.82, 2.24) is 0 Å². The van der Waals surface area contributed by atoms with Crippen molar-refractivity contribution in [2.75, 3.05) is 7.11 Å². The molecule has 1 heterocycles. The van der Waals surface area contributed by atoms with Gasteiger partial charge in [-0.2, -0.15) is 0 Å². The van der Waals surface area contributed by atoms with E-state index in [4.69, 9.17) is 14.6 Å². The molecule has 5 atom stereocenters. The molecule has 1 aromatic rings. The Bertz CT molecular complexity index is 570. The molecule has 1 fully saturated rings. The van der Waals surface area contributed by atoms with E-state index >= 15 is 0 Å². The Morgan fingerprint density at radius 1 is 1.04 bits per heavy atom. The highest BCUT2D eigenvalue weighted by Crippen LogP contribution is 2.24. The molecule has 1 aliphatic rings. The number of aliphatic hydroxyl groups excluding tert-OH is 3. The van der Waals surface area contributed by atoms with Crippen molar-refractivity contribution in [3.8, 4) is 5.75 Å². The quantitative estimate of drug-likeness (QED) is 0.496. The Labute approximate surface area is 130 Å². The zero-order valence-electron chi connectivity index (χ0n) is 12.0. The van der Waals surface area contributed by atoms with Gasteiger partial charge in [0.25, 0.3) is 0 Å². The topological polar surface area (TPSA) is 143 Å². The molecule has 9 nitrogen and oxygen atoms in total.